The van der Waals surface area contributed by atoms with E-state index < -0.39 is 6.10 Å². The maximum atomic E-state index is 12.1. The number of nitrogens with zero attached hydrogens (tertiary/aromatic N) is 1. The van der Waals surface area contributed by atoms with Gasteiger partial charge >= 0.3 is 0 Å². The summed E-state index contributed by atoms with van der Waals surface area (Å²) in [6.07, 6.45) is 0.0116. The van der Waals surface area contributed by atoms with Crippen LogP contribution in [0.25, 0.3) is 0 Å². The molecule has 0 spiro atoms. The number of carbonyl (C=O) groups excluding carboxylic acids is 1. The molecule has 0 saturated carbocycles. The number of benzene rings is 2. The molecule has 0 aliphatic rings. The topological polar surface area (TPSA) is 85.8 Å². The van der Waals surface area contributed by atoms with Gasteiger partial charge in [-0.2, -0.15) is 0 Å². The zero-order valence-corrected chi connectivity index (χ0v) is 17.6. The molecule has 1 amide bonds. The summed E-state index contributed by atoms with van der Waals surface area (Å²) in [5.74, 6) is 0.551. The molecule has 0 radical (unpaired) electrons. The van der Waals surface area contributed by atoms with E-state index >= 15 is 0 Å². The van der Waals surface area contributed by atoms with E-state index in [0.29, 0.717) is 37.6 Å². The Morgan fingerprint density at radius 3 is 2.54 bits per heavy atom. The number of amides is 1. The molecule has 1 unspecified atom stereocenters. The maximum absolute atomic E-state index is 12.1. The van der Waals surface area contributed by atoms with E-state index in [1.54, 1.807) is 12.1 Å². The van der Waals surface area contributed by atoms with E-state index in [-0.39, 0.29) is 5.91 Å². The zero-order chi connectivity index (χ0) is 20.2. The number of hydrogen-bond donors (Lipinski definition) is 4. The highest BCUT2D eigenvalue weighted by atomic mass is 79.9. The molecule has 0 saturated heterocycles. The van der Waals surface area contributed by atoms with E-state index in [4.69, 9.17) is 0 Å². The second-order valence-electron chi connectivity index (χ2n) is 6.17. The molecule has 6 nitrogen and oxygen atoms in total. The SMILES string of the molecule is CCNC(=NCCC(O)c1ccccc1)NCCNC(=O)c1cccc(Br)c1. The monoisotopic (exact) mass is 446 g/mol. The number of hydrogen-bond acceptors (Lipinski definition) is 3. The summed E-state index contributed by atoms with van der Waals surface area (Å²) < 4.78 is 0.873. The van der Waals surface area contributed by atoms with E-state index in [2.05, 4.69) is 36.9 Å². The third-order valence-electron chi connectivity index (χ3n) is 3.99. The molecule has 2 rings (SSSR count). The summed E-state index contributed by atoms with van der Waals surface area (Å²) in [6, 6.07) is 16.8. The Morgan fingerprint density at radius 2 is 1.82 bits per heavy atom. The quantitative estimate of drug-likeness (QED) is 0.271. The molecule has 7 heteroatoms. The number of carbonyl (C=O) groups is 1. The van der Waals surface area contributed by atoms with Crippen molar-refractivity contribution >= 4 is 27.8 Å². The lowest BCUT2D eigenvalue weighted by molar-refractivity contribution is 0.0954. The first kappa shape index (κ1) is 21.9. The number of aliphatic hydroxyl groups is 1. The molecule has 0 aliphatic heterocycles. The van der Waals surface area contributed by atoms with Crippen LogP contribution in [-0.4, -0.2) is 43.2 Å². The Bertz CT molecular complexity index is 768. The van der Waals surface area contributed by atoms with Crippen LogP contribution in [0.15, 0.2) is 64.1 Å². The standard InChI is InChI=1S/C21H27BrN4O2/c1-2-23-21(25-12-11-19(27)16-7-4-3-5-8-16)26-14-13-24-20(28)17-9-6-10-18(22)15-17/h3-10,15,19,27H,2,11-14H2,1H3,(H,24,28)(H2,23,25,26). The summed E-state index contributed by atoms with van der Waals surface area (Å²) >= 11 is 3.36. The van der Waals surface area contributed by atoms with Gasteiger partial charge in [-0.15, -0.1) is 0 Å². The molecule has 28 heavy (non-hydrogen) atoms. The van der Waals surface area contributed by atoms with Crippen molar-refractivity contribution in [3.8, 4) is 0 Å². The van der Waals surface area contributed by atoms with Gasteiger partial charge < -0.3 is 21.1 Å². The minimum absolute atomic E-state index is 0.115. The van der Waals surface area contributed by atoms with Gasteiger partial charge in [0.15, 0.2) is 5.96 Å². The Balaban J connectivity index is 1.74. The molecule has 1 atom stereocenters. The summed E-state index contributed by atoms with van der Waals surface area (Å²) in [6.45, 7) is 4.24. The van der Waals surface area contributed by atoms with Gasteiger partial charge in [0.2, 0.25) is 0 Å². The van der Waals surface area contributed by atoms with E-state index in [1.807, 2.05) is 49.4 Å². The third-order valence-corrected chi connectivity index (χ3v) is 4.48. The molecule has 0 aliphatic carbocycles. The minimum atomic E-state index is -0.530. The van der Waals surface area contributed by atoms with Crippen LogP contribution in [0.5, 0.6) is 0 Å². The molecule has 2 aromatic rings. The van der Waals surface area contributed by atoms with Gasteiger partial charge in [-0.05, 0) is 37.1 Å². The fraction of sp³-hybridized carbons (Fsp3) is 0.333. The van der Waals surface area contributed by atoms with Gasteiger partial charge in [-0.3, -0.25) is 9.79 Å². The van der Waals surface area contributed by atoms with Gasteiger partial charge in [-0.25, -0.2) is 0 Å². The zero-order valence-electron chi connectivity index (χ0n) is 16.0. The van der Waals surface area contributed by atoms with Gasteiger partial charge in [0.05, 0.1) is 6.10 Å². The maximum Gasteiger partial charge on any atom is 0.251 e. The molecule has 0 aromatic heterocycles. The first-order chi connectivity index (χ1) is 13.6. The van der Waals surface area contributed by atoms with Crippen molar-refractivity contribution in [2.24, 2.45) is 4.99 Å². The van der Waals surface area contributed by atoms with Crippen LogP contribution in [0, 0.1) is 0 Å². The molecular formula is C21H27BrN4O2. The first-order valence-electron chi connectivity index (χ1n) is 9.39. The van der Waals surface area contributed by atoms with Crippen molar-refractivity contribution in [3.63, 3.8) is 0 Å². The van der Waals surface area contributed by atoms with Crippen molar-refractivity contribution in [2.45, 2.75) is 19.4 Å². The number of nitrogens with one attached hydrogen (secondary N) is 3. The highest BCUT2D eigenvalue weighted by Crippen LogP contribution is 2.15. The number of aliphatic hydroxyl groups excluding tert-OH is 1. The molecular weight excluding hydrogens is 420 g/mol. The molecule has 4 N–H and O–H groups in total. The van der Waals surface area contributed by atoms with Crippen LogP contribution < -0.4 is 16.0 Å². The minimum Gasteiger partial charge on any atom is -0.388 e. The predicted octanol–water partition coefficient (Wildman–Crippen LogP) is 2.86. The predicted molar refractivity (Wildman–Crippen MR) is 116 cm³/mol. The molecule has 150 valence electrons. The Morgan fingerprint density at radius 1 is 1.07 bits per heavy atom. The fourth-order valence-corrected chi connectivity index (χ4v) is 2.97. The largest absolute Gasteiger partial charge is 0.388 e. The number of aliphatic imine (C=N–C) groups is 1. The van der Waals surface area contributed by atoms with Gasteiger partial charge in [0.25, 0.3) is 5.91 Å². The summed E-state index contributed by atoms with van der Waals surface area (Å²) in [4.78, 5) is 16.6. The second-order valence-corrected chi connectivity index (χ2v) is 7.08. The molecule has 0 fully saturated rings. The van der Waals surface area contributed by atoms with Gasteiger partial charge in [0, 0.05) is 36.2 Å². The van der Waals surface area contributed by atoms with Crippen LogP contribution in [-0.2, 0) is 0 Å². The second kappa shape index (κ2) is 12.2. The lowest BCUT2D eigenvalue weighted by atomic mass is 10.1. The number of halogens is 1. The average molecular weight is 447 g/mol. The smallest absolute Gasteiger partial charge is 0.251 e. The van der Waals surface area contributed by atoms with E-state index in [9.17, 15) is 9.90 Å². The van der Waals surface area contributed by atoms with Gasteiger partial charge in [-0.1, -0.05) is 52.3 Å². The Kier molecular flexibility index (Phi) is 9.51. The lowest BCUT2D eigenvalue weighted by Crippen LogP contribution is -2.41. The van der Waals surface area contributed by atoms with Crippen LogP contribution in [0.2, 0.25) is 0 Å². The van der Waals surface area contributed by atoms with Crippen LogP contribution >= 0.6 is 15.9 Å². The number of rotatable bonds is 9. The summed E-state index contributed by atoms with van der Waals surface area (Å²) in [7, 11) is 0. The lowest BCUT2D eigenvalue weighted by Gasteiger charge is -2.13. The highest BCUT2D eigenvalue weighted by Gasteiger charge is 2.07. The molecule has 0 bridgehead atoms. The normalized spacial score (nSPS) is 12.3. The summed E-state index contributed by atoms with van der Waals surface area (Å²) in [5, 5.41) is 19.4. The van der Waals surface area contributed by atoms with Crippen molar-refractivity contribution in [1.82, 2.24) is 16.0 Å². The Hall–Kier alpha value is -2.38. The Labute approximate surface area is 174 Å². The molecule has 2 aromatic carbocycles. The third kappa shape index (κ3) is 7.70. The van der Waals surface area contributed by atoms with Crippen LogP contribution in [0.4, 0.5) is 0 Å². The van der Waals surface area contributed by atoms with Crippen molar-refractivity contribution in [2.75, 3.05) is 26.2 Å². The van der Waals surface area contributed by atoms with Crippen LogP contribution in [0.3, 0.4) is 0 Å². The highest BCUT2D eigenvalue weighted by molar-refractivity contribution is 9.10. The van der Waals surface area contributed by atoms with Crippen LogP contribution in [0.1, 0.15) is 35.4 Å². The first-order valence-corrected chi connectivity index (χ1v) is 10.2. The van der Waals surface area contributed by atoms with Gasteiger partial charge in [0.1, 0.15) is 0 Å². The van der Waals surface area contributed by atoms with Crippen molar-refractivity contribution in [1.29, 1.82) is 0 Å². The average Bonchev–Trinajstić information content (AvgIpc) is 2.71. The summed E-state index contributed by atoms with van der Waals surface area (Å²) in [5.41, 5.74) is 1.51. The fourth-order valence-electron chi connectivity index (χ4n) is 2.57. The van der Waals surface area contributed by atoms with E-state index in [0.717, 1.165) is 16.6 Å². The number of guanidine groups is 1. The molecule has 0 heterocycles. The van der Waals surface area contributed by atoms with Crippen molar-refractivity contribution < 1.29 is 9.90 Å². The van der Waals surface area contributed by atoms with Crippen molar-refractivity contribution in [3.05, 3.63) is 70.2 Å². The van der Waals surface area contributed by atoms with E-state index in [1.165, 1.54) is 0 Å².